The van der Waals surface area contributed by atoms with Gasteiger partial charge in [-0.3, -0.25) is 39.9 Å². The summed E-state index contributed by atoms with van der Waals surface area (Å²) in [5.41, 5.74) is 34.9. The number of hydrogen-bond acceptors (Lipinski definition) is 22. The van der Waals surface area contributed by atoms with Crippen LogP contribution in [0.25, 0.3) is 66.8 Å². The Balaban J connectivity index is 0.000000112. The lowest BCUT2D eigenvalue weighted by molar-refractivity contribution is -0.118. The molecule has 0 unspecified atom stereocenters. The third-order valence-electron chi connectivity index (χ3n) is 25.3. The molecule has 1 amide bonds. The van der Waals surface area contributed by atoms with Gasteiger partial charge in [-0.15, -0.1) is 0 Å². The highest BCUT2D eigenvalue weighted by Crippen LogP contribution is 2.58. The Kier molecular flexibility index (Phi) is 26.5. The molecule has 0 saturated heterocycles. The fraction of sp³-hybridized carbons (Fsp3) is 0.214. The van der Waals surface area contributed by atoms with Gasteiger partial charge in [0.15, 0.2) is 35.0 Å². The van der Waals surface area contributed by atoms with Crippen LogP contribution in [0.4, 0.5) is 19.4 Å². The van der Waals surface area contributed by atoms with E-state index < -0.39 is 29.9 Å². The number of ketones is 2. The standard InChI is InChI=1S/C25H19FN4O.C24H23ClN2O3.C22H19ClN2O2.C21H18ClN3O3.C20H14ClFN2O/c1-14-22-19-8-4-16(17-5-9-21(27)28-13-17)12-20(19)23(15-2-6-18(26)7-3-15)29-25(10-11-25)24(22)31-30-14;1-13(2)29-18-9-10-19-20(12-18)23(16-5-7-17(25)8-6-16)26-21(11-14(3)28)24-22(19)15(4)27-30-24;1-12-4-9-17-18(10-12)21(15-5-7-16(23)8-6-15)24-19(11-13(2)26)22-20(17)14(3)25-27-22;1-3-27-21(26)24-20-19-17(12(2)25-28-19)15-6-4-5-7-16(15)18(23-20)13-8-10-14(22)11-9-13;1-11-17-15-7-4-13(21)10-16(15)18(12-2-5-14(22)6-3-12)23-20(8-9-20)19(17)25-24-11/h2-9,12-13H,10-11H2,1H3,(H2,27,28);5-10,12-13,21H,11H2,1-4H3;4-10,19H,11H2,1-3H3;4-11,20H,3H2,1-2H3,(H,24,26);2-7,10H,8-9H2,1H3/t;21-;19-;20-;/m.000./s1. The maximum absolute atomic E-state index is 13.7. The number of nitrogens with zero attached hydrogens (tertiary/aromatic N) is 11. The quantitative estimate of drug-likeness (QED) is 0.102. The smallest absolute Gasteiger partial charge is 0.409 e. The molecule has 2 aliphatic carbocycles. The van der Waals surface area contributed by atoms with Gasteiger partial charge >= 0.3 is 6.09 Å². The van der Waals surface area contributed by atoms with Crippen molar-refractivity contribution in [3.63, 3.8) is 0 Å². The number of aliphatic imine (C=N–C) groups is 5. The minimum absolute atomic E-state index is 0.0361. The zero-order valence-electron chi connectivity index (χ0n) is 78.6. The summed E-state index contributed by atoms with van der Waals surface area (Å²) in [7, 11) is 0. The first-order valence-electron chi connectivity index (χ1n) is 46.1. The van der Waals surface area contributed by atoms with Crippen molar-refractivity contribution in [2.75, 3.05) is 12.3 Å². The lowest BCUT2D eigenvalue weighted by atomic mass is 9.90. The summed E-state index contributed by atoms with van der Waals surface area (Å²) < 4.78 is 66.4. The summed E-state index contributed by atoms with van der Waals surface area (Å²) >= 11 is 24.5. The summed E-state index contributed by atoms with van der Waals surface area (Å²) in [6.45, 7) is 20.8. The van der Waals surface area contributed by atoms with Crippen LogP contribution in [-0.2, 0) is 25.4 Å². The maximum atomic E-state index is 13.7. The van der Waals surface area contributed by atoms with Crippen LogP contribution >= 0.6 is 46.4 Å². The second-order valence-corrected chi connectivity index (χ2v) is 37.7. The number of amides is 1. The SMILES string of the molecule is CC(=O)C[C@@H]1N=C(c2ccc(Cl)cc2)c2cc(C)ccc2-c2c(C)noc21.CC(=O)C[C@@H]1N=C(c2ccc(Cl)cc2)c2cc(OC(C)C)ccc2-c2c(C)noc21.CCOC(=O)N[C@@H]1N=C(c2ccc(Cl)cc2)c2ccccc2-c2c(C)noc21.Cc1noc2c1-c1ccc(-c3ccc(N)nc3)cc1C(c1ccc(F)cc1)=NC21CC1.Cc1noc2c1-c1ccc(Cl)cc1C(c1ccc(F)cc1)=NC21CC1. The molecule has 2 spiro atoms. The second kappa shape index (κ2) is 39.3. The molecule has 141 heavy (non-hydrogen) atoms. The second-order valence-electron chi connectivity index (χ2n) is 35.9. The molecule has 23 nitrogen and oxygen atoms in total. The van der Waals surface area contributed by atoms with Crippen molar-refractivity contribution < 1.29 is 55.3 Å². The molecular weight excluding hydrogens is 1870 g/mol. The number of aryl methyl sites for hydroxylation is 6. The molecule has 11 heterocycles. The van der Waals surface area contributed by atoms with Crippen molar-refractivity contribution in [1.29, 1.82) is 0 Å². The Bertz CT molecular complexity index is 7740. The number of alkyl carbamates (subject to hydrolysis) is 1. The predicted octanol–water partition coefficient (Wildman–Crippen LogP) is 26.9. The number of rotatable bonds is 14. The number of hydrogen-bond donors (Lipinski definition) is 2. The Morgan fingerprint density at radius 2 is 0.787 bits per heavy atom. The largest absolute Gasteiger partial charge is 0.491 e. The molecule has 7 aliphatic rings. The van der Waals surface area contributed by atoms with E-state index in [0.717, 1.165) is 228 Å². The summed E-state index contributed by atoms with van der Waals surface area (Å²) in [6.07, 6.45) is 4.62. The van der Waals surface area contributed by atoms with Crippen molar-refractivity contribution in [3.8, 4) is 72.5 Å². The third-order valence-corrected chi connectivity index (χ3v) is 26.3. The number of carbonyl (C=O) groups excluding carboxylic acids is 3. The molecule has 3 N–H and O–H groups in total. The van der Waals surface area contributed by atoms with Gasteiger partial charge in [0.25, 0.3) is 0 Å². The van der Waals surface area contributed by atoms with E-state index in [1.165, 1.54) is 24.3 Å². The first-order valence-corrected chi connectivity index (χ1v) is 47.6. The molecule has 2 saturated carbocycles. The number of carbonyl (C=O) groups is 3. The van der Waals surface area contributed by atoms with Crippen LogP contribution in [-0.4, -0.2) is 89.7 Å². The number of halogens is 6. The van der Waals surface area contributed by atoms with E-state index in [1.54, 1.807) is 57.3 Å². The molecule has 16 aromatic rings. The van der Waals surface area contributed by atoms with E-state index in [0.29, 0.717) is 43.2 Å². The lowest BCUT2D eigenvalue weighted by Crippen LogP contribution is -2.28. The minimum Gasteiger partial charge on any atom is -0.491 e. The van der Waals surface area contributed by atoms with Gasteiger partial charge in [-0.05, 0) is 275 Å². The van der Waals surface area contributed by atoms with E-state index in [2.05, 4.69) is 79.4 Å². The topological polar surface area (TPSA) is 313 Å². The molecule has 2 fully saturated rings. The predicted molar refractivity (Wildman–Crippen MR) is 543 cm³/mol. The number of fused-ring (bicyclic) bond motifs is 17. The molecule has 3 atom stereocenters. The number of nitrogen functional groups attached to an aromatic ring is 1. The maximum Gasteiger partial charge on any atom is 0.409 e. The Hall–Kier alpha value is -15.0. The molecular formula is C112H93Cl4F2N13O10. The number of anilines is 1. The number of benzene rings is 10. The molecule has 10 aromatic carbocycles. The molecule has 708 valence electrons. The van der Waals surface area contributed by atoms with Crippen molar-refractivity contribution in [2.45, 2.75) is 150 Å². The van der Waals surface area contributed by atoms with E-state index in [4.69, 9.17) is 109 Å². The average molecular weight is 1960 g/mol. The number of aromatic nitrogens is 6. The highest BCUT2D eigenvalue weighted by molar-refractivity contribution is 6.33. The van der Waals surface area contributed by atoms with Gasteiger partial charge in [0.2, 0.25) is 0 Å². The Morgan fingerprint density at radius 1 is 0.411 bits per heavy atom. The highest BCUT2D eigenvalue weighted by atomic mass is 35.5. The van der Waals surface area contributed by atoms with Crippen LogP contribution in [0.2, 0.25) is 20.1 Å². The van der Waals surface area contributed by atoms with Crippen molar-refractivity contribution in [1.82, 2.24) is 36.1 Å². The highest BCUT2D eigenvalue weighted by Gasteiger charge is 2.54. The number of ether oxygens (including phenoxy) is 2. The van der Waals surface area contributed by atoms with E-state index >= 15 is 0 Å². The van der Waals surface area contributed by atoms with Gasteiger partial charge < -0.3 is 37.8 Å². The van der Waals surface area contributed by atoms with Crippen molar-refractivity contribution in [3.05, 3.63) is 387 Å². The van der Waals surface area contributed by atoms with Crippen LogP contribution in [0.5, 0.6) is 5.75 Å². The normalized spacial score (nSPS) is 15.7. The van der Waals surface area contributed by atoms with Gasteiger partial charge in [0.05, 0.1) is 97.6 Å². The van der Waals surface area contributed by atoms with Gasteiger partial charge in [-0.1, -0.05) is 169 Å². The molecule has 23 rings (SSSR count). The molecule has 29 heteroatoms. The third kappa shape index (κ3) is 19.4. The Labute approximate surface area is 831 Å². The van der Waals surface area contributed by atoms with Crippen LogP contribution in [0.1, 0.15) is 210 Å². The van der Waals surface area contributed by atoms with Crippen LogP contribution in [0.15, 0.2) is 284 Å². The minimum atomic E-state index is -0.770. The van der Waals surface area contributed by atoms with Crippen molar-refractivity contribution >= 4 is 98.4 Å². The summed E-state index contributed by atoms with van der Waals surface area (Å²) in [4.78, 5) is 65.3. The van der Waals surface area contributed by atoms with Crippen LogP contribution in [0, 0.1) is 53.2 Å². The van der Waals surface area contributed by atoms with Gasteiger partial charge in [-0.25, -0.2) is 18.6 Å². The van der Waals surface area contributed by atoms with Gasteiger partial charge in [0, 0.05) is 100 Å². The summed E-state index contributed by atoms with van der Waals surface area (Å²) in [6, 6.07) is 70.5. The van der Waals surface area contributed by atoms with Gasteiger partial charge in [-0.2, -0.15) is 0 Å². The van der Waals surface area contributed by atoms with E-state index in [1.807, 2.05) is 188 Å². The number of Topliss-reactive ketones (excluding diaryl/α,β-unsaturated/α-hetero) is 2. The van der Waals surface area contributed by atoms with E-state index in [9.17, 15) is 23.2 Å². The Morgan fingerprint density at radius 3 is 1.26 bits per heavy atom. The zero-order chi connectivity index (χ0) is 98.6. The fourth-order valence-electron chi connectivity index (χ4n) is 18.5. The van der Waals surface area contributed by atoms with Crippen LogP contribution < -0.4 is 15.8 Å². The van der Waals surface area contributed by atoms with Crippen LogP contribution in [0.3, 0.4) is 0 Å². The zero-order valence-corrected chi connectivity index (χ0v) is 81.6. The first kappa shape index (κ1) is 94.9. The number of nitrogens with one attached hydrogen (secondary N) is 1. The number of pyridine rings is 1. The van der Waals surface area contributed by atoms with Gasteiger partial charge in [0.1, 0.15) is 57.9 Å². The molecule has 5 aliphatic heterocycles. The summed E-state index contributed by atoms with van der Waals surface area (Å²) in [5.74, 6) is 4.18. The fourth-order valence-corrected chi connectivity index (χ4v) is 19.0. The first-order chi connectivity index (χ1) is 68.0. The number of nitrogens with two attached hydrogens (primary N) is 1. The lowest BCUT2D eigenvalue weighted by Gasteiger charge is -2.15. The average Bonchev–Trinajstić information content (AvgIpc) is 1.56. The molecule has 6 aromatic heterocycles. The molecule has 0 bridgehead atoms. The van der Waals surface area contributed by atoms with Crippen molar-refractivity contribution in [2.24, 2.45) is 25.0 Å². The monoisotopic (exact) mass is 1960 g/mol. The molecule has 0 radical (unpaired) electrons. The van der Waals surface area contributed by atoms with E-state index in [-0.39, 0.29) is 54.3 Å². The summed E-state index contributed by atoms with van der Waals surface area (Å²) in [5, 5.41) is 26.2.